The van der Waals surface area contributed by atoms with Gasteiger partial charge in [0.05, 0.1) is 7.11 Å². The summed E-state index contributed by atoms with van der Waals surface area (Å²) < 4.78 is 10.7. The summed E-state index contributed by atoms with van der Waals surface area (Å²) in [5.41, 5.74) is 0.0704. The van der Waals surface area contributed by atoms with E-state index in [1.54, 1.807) is 6.92 Å². The Kier molecular flexibility index (Phi) is 5.20. The van der Waals surface area contributed by atoms with Gasteiger partial charge in [0.25, 0.3) is 0 Å². The molecule has 5 nitrogen and oxygen atoms in total. The van der Waals surface area contributed by atoms with Gasteiger partial charge in [-0.1, -0.05) is 18.2 Å². The molecule has 0 aliphatic heterocycles. The van der Waals surface area contributed by atoms with Crippen molar-refractivity contribution in [3.8, 4) is 5.75 Å². The van der Waals surface area contributed by atoms with Crippen LogP contribution in [0.1, 0.15) is 25.3 Å². The maximum Gasteiger partial charge on any atom is 0.329 e. The van der Waals surface area contributed by atoms with Gasteiger partial charge >= 0.3 is 5.97 Å². The number of ether oxygens (including phenoxy) is 2. The number of benzene rings is 1. The zero-order valence-electron chi connectivity index (χ0n) is 12.6. The fraction of sp³-hybridized carbons (Fsp3) is 0.562. The van der Waals surface area contributed by atoms with Gasteiger partial charge in [-0.05, 0) is 37.8 Å². The molecule has 0 aromatic heterocycles. The lowest BCUT2D eigenvalue weighted by molar-refractivity contribution is -0.149. The first-order chi connectivity index (χ1) is 10.1. The second kappa shape index (κ2) is 6.91. The summed E-state index contributed by atoms with van der Waals surface area (Å²) in [5, 5.41) is 12.4. The molecule has 1 aliphatic carbocycles. The number of rotatable bonds is 8. The van der Waals surface area contributed by atoms with Gasteiger partial charge in [-0.3, -0.25) is 5.32 Å². The summed E-state index contributed by atoms with van der Waals surface area (Å²) in [5.74, 6) is 0.369. The average molecular weight is 293 g/mol. The van der Waals surface area contributed by atoms with Crippen LogP contribution in [0.5, 0.6) is 5.75 Å². The van der Waals surface area contributed by atoms with Gasteiger partial charge in [0.2, 0.25) is 0 Å². The third-order valence-electron chi connectivity index (χ3n) is 3.61. The molecule has 1 aromatic rings. The highest BCUT2D eigenvalue weighted by molar-refractivity contribution is 5.80. The summed E-state index contributed by atoms with van der Waals surface area (Å²) in [6.45, 7) is 2.05. The van der Waals surface area contributed by atoms with Crippen LogP contribution >= 0.6 is 0 Å². The highest BCUT2D eigenvalue weighted by Gasteiger charge is 2.40. The Hall–Kier alpha value is -1.59. The quantitative estimate of drug-likeness (QED) is 0.707. The molecule has 1 saturated carbocycles. The lowest BCUT2D eigenvalue weighted by Gasteiger charge is -2.28. The third-order valence-corrected chi connectivity index (χ3v) is 3.61. The van der Waals surface area contributed by atoms with Crippen LogP contribution in [-0.2, 0) is 16.0 Å². The minimum absolute atomic E-state index is 0.0645. The van der Waals surface area contributed by atoms with Gasteiger partial charge in [0, 0.05) is 12.6 Å². The van der Waals surface area contributed by atoms with Crippen molar-refractivity contribution in [2.45, 2.75) is 37.8 Å². The highest BCUT2D eigenvalue weighted by atomic mass is 16.5. The van der Waals surface area contributed by atoms with Crippen LogP contribution in [-0.4, -0.2) is 43.0 Å². The standard InChI is InChI=1S/C16H23NO4/c1-16(15(19)20-2,17-13-7-8-13)11-21-14-6-4-3-5-12(14)9-10-18/h3-6,13,17-18H,7-11H2,1-2H3. The van der Waals surface area contributed by atoms with Crippen molar-refractivity contribution >= 4 is 5.97 Å². The Labute approximate surface area is 125 Å². The number of para-hydroxylation sites is 1. The molecule has 2 N–H and O–H groups in total. The SMILES string of the molecule is COC(=O)C(C)(COc1ccccc1CCO)NC1CC1. The second-order valence-corrected chi connectivity index (χ2v) is 5.61. The first-order valence-electron chi connectivity index (χ1n) is 7.27. The van der Waals surface area contributed by atoms with Crippen molar-refractivity contribution in [1.82, 2.24) is 5.32 Å². The minimum Gasteiger partial charge on any atom is -0.491 e. The molecule has 1 aliphatic rings. The molecule has 0 saturated heterocycles. The van der Waals surface area contributed by atoms with Crippen molar-refractivity contribution in [3.63, 3.8) is 0 Å². The van der Waals surface area contributed by atoms with Crippen molar-refractivity contribution in [2.75, 3.05) is 20.3 Å². The van der Waals surface area contributed by atoms with Gasteiger partial charge in [-0.2, -0.15) is 0 Å². The fourth-order valence-corrected chi connectivity index (χ4v) is 2.26. The highest BCUT2D eigenvalue weighted by Crippen LogP contribution is 2.25. The molecule has 2 rings (SSSR count). The summed E-state index contributed by atoms with van der Waals surface area (Å²) in [6, 6.07) is 7.90. The number of carbonyl (C=O) groups excluding carboxylic acids is 1. The maximum atomic E-state index is 12.0. The molecule has 0 spiro atoms. The molecule has 1 atom stereocenters. The molecule has 0 radical (unpaired) electrons. The molecule has 1 aromatic carbocycles. The first kappa shape index (κ1) is 15.8. The molecule has 21 heavy (non-hydrogen) atoms. The average Bonchev–Trinajstić information content (AvgIpc) is 3.29. The van der Waals surface area contributed by atoms with Crippen LogP contribution < -0.4 is 10.1 Å². The molecule has 5 heteroatoms. The van der Waals surface area contributed by atoms with E-state index in [1.165, 1.54) is 7.11 Å². The van der Waals surface area contributed by atoms with E-state index in [2.05, 4.69) is 5.32 Å². The summed E-state index contributed by atoms with van der Waals surface area (Å²) in [6.07, 6.45) is 2.68. The monoisotopic (exact) mass is 293 g/mol. The molecule has 0 amide bonds. The number of aliphatic hydroxyl groups excluding tert-OH is 1. The Morgan fingerprint density at radius 3 is 2.76 bits per heavy atom. The summed E-state index contributed by atoms with van der Waals surface area (Å²) in [4.78, 5) is 12.0. The number of aliphatic hydroxyl groups is 1. The van der Waals surface area contributed by atoms with E-state index in [4.69, 9.17) is 14.6 Å². The Balaban J connectivity index is 2.05. The zero-order chi connectivity index (χ0) is 15.3. The van der Waals surface area contributed by atoms with E-state index in [1.807, 2.05) is 24.3 Å². The molecular formula is C16H23NO4. The lowest BCUT2D eigenvalue weighted by Crippen LogP contribution is -2.55. The predicted molar refractivity (Wildman–Crippen MR) is 79.3 cm³/mol. The number of hydrogen-bond acceptors (Lipinski definition) is 5. The van der Waals surface area contributed by atoms with Crippen LogP contribution in [0.3, 0.4) is 0 Å². The smallest absolute Gasteiger partial charge is 0.329 e. The lowest BCUT2D eigenvalue weighted by atomic mass is 10.0. The zero-order valence-corrected chi connectivity index (χ0v) is 12.6. The largest absolute Gasteiger partial charge is 0.491 e. The van der Waals surface area contributed by atoms with Crippen LogP contribution in [0, 0.1) is 0 Å². The van der Waals surface area contributed by atoms with Gasteiger partial charge < -0.3 is 14.6 Å². The van der Waals surface area contributed by atoms with E-state index in [9.17, 15) is 4.79 Å². The predicted octanol–water partition coefficient (Wildman–Crippen LogP) is 1.28. The van der Waals surface area contributed by atoms with E-state index < -0.39 is 5.54 Å². The molecule has 0 heterocycles. The maximum absolute atomic E-state index is 12.0. The molecule has 1 unspecified atom stereocenters. The molecular weight excluding hydrogens is 270 g/mol. The second-order valence-electron chi connectivity index (χ2n) is 5.61. The van der Waals surface area contributed by atoms with Gasteiger partial charge in [-0.25, -0.2) is 4.79 Å². The van der Waals surface area contributed by atoms with Crippen LogP contribution in [0.15, 0.2) is 24.3 Å². The van der Waals surface area contributed by atoms with Crippen molar-refractivity contribution < 1.29 is 19.4 Å². The summed E-state index contributed by atoms with van der Waals surface area (Å²) >= 11 is 0. The molecule has 1 fully saturated rings. The minimum atomic E-state index is -0.859. The van der Waals surface area contributed by atoms with Gasteiger partial charge in [0.1, 0.15) is 17.9 Å². The number of methoxy groups -OCH3 is 1. The fourth-order valence-electron chi connectivity index (χ4n) is 2.26. The number of nitrogens with one attached hydrogen (secondary N) is 1. The van der Waals surface area contributed by atoms with Crippen molar-refractivity contribution in [1.29, 1.82) is 0 Å². The van der Waals surface area contributed by atoms with Crippen LogP contribution in [0.4, 0.5) is 0 Å². The number of esters is 1. The van der Waals surface area contributed by atoms with E-state index in [-0.39, 0.29) is 19.2 Å². The van der Waals surface area contributed by atoms with Crippen molar-refractivity contribution in [3.05, 3.63) is 29.8 Å². The number of carbonyl (C=O) groups is 1. The third kappa shape index (κ3) is 4.19. The normalized spacial score (nSPS) is 17.1. The molecule has 116 valence electrons. The van der Waals surface area contributed by atoms with Crippen molar-refractivity contribution in [2.24, 2.45) is 0 Å². The van der Waals surface area contributed by atoms with Crippen LogP contribution in [0.2, 0.25) is 0 Å². The van der Waals surface area contributed by atoms with Gasteiger partial charge in [0.15, 0.2) is 0 Å². The van der Waals surface area contributed by atoms with Gasteiger partial charge in [-0.15, -0.1) is 0 Å². The summed E-state index contributed by atoms with van der Waals surface area (Å²) in [7, 11) is 1.38. The van der Waals surface area contributed by atoms with E-state index in [0.717, 1.165) is 18.4 Å². The first-order valence-corrected chi connectivity index (χ1v) is 7.27. The van der Waals surface area contributed by atoms with Crippen LogP contribution in [0.25, 0.3) is 0 Å². The van der Waals surface area contributed by atoms with E-state index >= 15 is 0 Å². The Morgan fingerprint density at radius 1 is 1.43 bits per heavy atom. The topological polar surface area (TPSA) is 67.8 Å². The Morgan fingerprint density at radius 2 is 2.14 bits per heavy atom. The van der Waals surface area contributed by atoms with E-state index in [0.29, 0.717) is 18.2 Å². The molecule has 0 bridgehead atoms. The Bertz CT molecular complexity index is 487. The number of hydrogen-bond donors (Lipinski definition) is 2.